The summed E-state index contributed by atoms with van der Waals surface area (Å²) < 4.78 is 12.6. The highest BCUT2D eigenvalue weighted by Gasteiger charge is 2.33. The van der Waals surface area contributed by atoms with Crippen LogP contribution in [-0.4, -0.2) is 0 Å². The van der Waals surface area contributed by atoms with Gasteiger partial charge < -0.3 is 14.4 Å². The standard InChI is InChI=1S/C16H17BrNO3P/c1-3-16(4-2,22(19,20)21)13-8-12-6-5-11(10-18)7-14(12)15(17)9-13/h5-9H,3-4H2,1-2H3,(H2,19,20,21)/p-2. The smallest absolute Gasteiger partial charge is 0.0991 e. The van der Waals surface area contributed by atoms with Crippen molar-refractivity contribution in [2.45, 2.75) is 31.8 Å². The Morgan fingerprint density at radius 3 is 2.36 bits per heavy atom. The first-order chi connectivity index (χ1) is 10.3. The molecule has 0 aliphatic heterocycles. The molecule has 0 N–H and O–H groups in total. The van der Waals surface area contributed by atoms with Gasteiger partial charge in [0.1, 0.15) is 0 Å². The predicted octanol–water partition coefficient (Wildman–Crippen LogP) is 3.40. The van der Waals surface area contributed by atoms with E-state index in [1.54, 1.807) is 44.2 Å². The normalized spacial score (nSPS) is 12.4. The molecule has 0 spiro atoms. The van der Waals surface area contributed by atoms with Gasteiger partial charge in [0.15, 0.2) is 0 Å². The molecule has 0 fully saturated rings. The van der Waals surface area contributed by atoms with E-state index in [0.717, 1.165) is 10.8 Å². The molecule has 0 amide bonds. The fourth-order valence-corrected chi connectivity index (χ4v) is 4.66. The van der Waals surface area contributed by atoms with Gasteiger partial charge in [-0.2, -0.15) is 5.26 Å². The predicted molar refractivity (Wildman–Crippen MR) is 86.2 cm³/mol. The number of benzene rings is 2. The van der Waals surface area contributed by atoms with Crippen LogP contribution in [0.15, 0.2) is 34.8 Å². The lowest BCUT2D eigenvalue weighted by atomic mass is 9.90. The highest BCUT2D eigenvalue weighted by atomic mass is 79.9. The molecule has 0 aliphatic carbocycles. The summed E-state index contributed by atoms with van der Waals surface area (Å²) in [6.07, 6.45) is 0.448. The van der Waals surface area contributed by atoms with Gasteiger partial charge in [0, 0.05) is 9.63 Å². The maximum absolute atomic E-state index is 11.9. The van der Waals surface area contributed by atoms with Gasteiger partial charge in [-0.1, -0.05) is 49.5 Å². The van der Waals surface area contributed by atoms with Crippen LogP contribution in [-0.2, 0) is 9.72 Å². The lowest BCUT2D eigenvalue weighted by Crippen LogP contribution is -2.36. The Morgan fingerprint density at radius 2 is 1.86 bits per heavy atom. The van der Waals surface area contributed by atoms with E-state index in [-0.39, 0.29) is 12.8 Å². The molecule has 0 aromatic heterocycles. The van der Waals surface area contributed by atoms with E-state index in [0.29, 0.717) is 15.6 Å². The van der Waals surface area contributed by atoms with Crippen molar-refractivity contribution in [3.05, 3.63) is 45.9 Å². The van der Waals surface area contributed by atoms with E-state index in [4.69, 9.17) is 5.26 Å². The first-order valence-electron chi connectivity index (χ1n) is 6.95. The Kier molecular flexibility index (Phi) is 4.79. The molecule has 0 atom stereocenters. The van der Waals surface area contributed by atoms with Crippen molar-refractivity contribution >= 4 is 34.3 Å². The number of rotatable bonds is 4. The monoisotopic (exact) mass is 379 g/mol. The van der Waals surface area contributed by atoms with Gasteiger partial charge in [0.2, 0.25) is 0 Å². The lowest BCUT2D eigenvalue weighted by molar-refractivity contribution is -0.322. The SMILES string of the molecule is CCC(CC)(c1cc(Br)c2cc(C#N)ccc2c1)P(=O)([O-])[O-]. The third kappa shape index (κ3) is 2.73. The Balaban J connectivity index is 2.77. The van der Waals surface area contributed by atoms with E-state index in [1.165, 1.54) is 0 Å². The minimum atomic E-state index is -4.82. The summed E-state index contributed by atoms with van der Waals surface area (Å²) >= 11 is 3.43. The summed E-state index contributed by atoms with van der Waals surface area (Å²) in [5, 5.41) is 9.17. The number of nitrogens with zero attached hydrogens (tertiary/aromatic N) is 1. The first kappa shape index (κ1) is 17.2. The highest BCUT2D eigenvalue weighted by molar-refractivity contribution is 9.10. The van der Waals surface area contributed by atoms with Crippen molar-refractivity contribution in [1.82, 2.24) is 0 Å². The van der Waals surface area contributed by atoms with Gasteiger partial charge in [0.05, 0.1) is 11.6 Å². The highest BCUT2D eigenvalue weighted by Crippen LogP contribution is 2.56. The molecule has 0 heterocycles. The average Bonchev–Trinajstić information content (AvgIpc) is 2.47. The minimum absolute atomic E-state index is 0.224. The van der Waals surface area contributed by atoms with Gasteiger partial charge in [-0.05, 0) is 47.4 Å². The fourth-order valence-electron chi connectivity index (χ4n) is 2.85. The molecule has 116 valence electrons. The number of hydrogen-bond donors (Lipinski definition) is 0. The van der Waals surface area contributed by atoms with E-state index in [9.17, 15) is 14.4 Å². The molecule has 22 heavy (non-hydrogen) atoms. The summed E-state index contributed by atoms with van der Waals surface area (Å²) in [6, 6.07) is 10.7. The van der Waals surface area contributed by atoms with Crippen LogP contribution in [0.4, 0.5) is 0 Å². The second kappa shape index (κ2) is 6.14. The van der Waals surface area contributed by atoms with Crippen molar-refractivity contribution in [3.63, 3.8) is 0 Å². The average molecular weight is 380 g/mol. The molecular weight excluding hydrogens is 365 g/mol. The van der Waals surface area contributed by atoms with Crippen LogP contribution in [0.3, 0.4) is 0 Å². The minimum Gasteiger partial charge on any atom is -0.810 e. The molecule has 0 saturated carbocycles. The summed E-state index contributed by atoms with van der Waals surface area (Å²) in [4.78, 5) is 23.8. The molecule has 0 bridgehead atoms. The third-order valence-electron chi connectivity index (χ3n) is 4.26. The molecule has 2 aromatic rings. The van der Waals surface area contributed by atoms with Crippen LogP contribution in [0, 0.1) is 11.3 Å². The molecular formula is C16H15BrNO3P-2. The van der Waals surface area contributed by atoms with E-state index in [1.807, 2.05) is 0 Å². The van der Waals surface area contributed by atoms with Gasteiger partial charge >= 0.3 is 0 Å². The van der Waals surface area contributed by atoms with E-state index in [2.05, 4.69) is 22.0 Å². The zero-order valence-electron chi connectivity index (χ0n) is 12.3. The van der Waals surface area contributed by atoms with E-state index < -0.39 is 12.8 Å². The number of halogens is 1. The summed E-state index contributed by atoms with van der Waals surface area (Å²) in [6.45, 7) is 3.42. The van der Waals surface area contributed by atoms with Gasteiger partial charge in [0.25, 0.3) is 0 Å². The maximum Gasteiger partial charge on any atom is 0.0991 e. The van der Waals surface area contributed by atoms with Crippen LogP contribution in [0.25, 0.3) is 10.8 Å². The maximum atomic E-state index is 11.9. The van der Waals surface area contributed by atoms with Crippen molar-refractivity contribution < 1.29 is 14.4 Å². The van der Waals surface area contributed by atoms with Crippen LogP contribution >= 0.6 is 23.5 Å². The Morgan fingerprint density at radius 1 is 1.23 bits per heavy atom. The Hall–Kier alpha value is -1.18. The molecule has 0 saturated heterocycles. The molecule has 4 nitrogen and oxygen atoms in total. The van der Waals surface area contributed by atoms with Crippen LogP contribution < -0.4 is 9.79 Å². The molecule has 0 aliphatic rings. The quantitative estimate of drug-likeness (QED) is 0.761. The zero-order valence-corrected chi connectivity index (χ0v) is 14.8. The number of fused-ring (bicyclic) bond motifs is 1. The Labute approximate surface area is 138 Å². The van der Waals surface area contributed by atoms with Crippen molar-refractivity contribution in [2.75, 3.05) is 0 Å². The molecule has 2 rings (SSSR count). The second-order valence-electron chi connectivity index (χ2n) is 5.24. The van der Waals surface area contributed by atoms with Gasteiger partial charge in [-0.15, -0.1) is 0 Å². The molecule has 0 unspecified atom stereocenters. The van der Waals surface area contributed by atoms with Gasteiger partial charge in [-0.25, -0.2) is 0 Å². The van der Waals surface area contributed by atoms with Crippen molar-refractivity contribution in [3.8, 4) is 6.07 Å². The summed E-state index contributed by atoms with van der Waals surface area (Å²) in [5.41, 5.74) is 1.02. The largest absolute Gasteiger partial charge is 0.810 e. The molecule has 6 heteroatoms. The van der Waals surface area contributed by atoms with Crippen molar-refractivity contribution in [1.29, 1.82) is 5.26 Å². The van der Waals surface area contributed by atoms with Crippen LogP contribution in [0.2, 0.25) is 0 Å². The topological polar surface area (TPSA) is 87.0 Å². The van der Waals surface area contributed by atoms with Gasteiger partial charge in [-0.3, -0.25) is 0 Å². The van der Waals surface area contributed by atoms with E-state index >= 15 is 0 Å². The number of nitriles is 1. The Bertz CT molecular complexity index is 803. The lowest BCUT2D eigenvalue weighted by Gasteiger charge is -2.49. The first-order valence-corrected chi connectivity index (χ1v) is 9.28. The zero-order chi connectivity index (χ0) is 16.5. The summed E-state index contributed by atoms with van der Waals surface area (Å²) in [7, 11) is -4.82. The molecule has 0 radical (unpaired) electrons. The molecule has 2 aromatic carbocycles. The fraction of sp³-hybridized carbons (Fsp3) is 0.312. The van der Waals surface area contributed by atoms with Crippen LogP contribution in [0.1, 0.15) is 37.8 Å². The third-order valence-corrected chi connectivity index (χ3v) is 6.86. The number of hydrogen-bond acceptors (Lipinski definition) is 4. The second-order valence-corrected chi connectivity index (χ2v) is 7.95. The van der Waals surface area contributed by atoms with Crippen molar-refractivity contribution in [2.24, 2.45) is 0 Å². The summed E-state index contributed by atoms with van der Waals surface area (Å²) in [5.74, 6) is 0. The van der Waals surface area contributed by atoms with Crippen LogP contribution in [0.5, 0.6) is 0 Å².